The molecule has 27 heavy (non-hydrogen) atoms. The number of hydrogen-bond donors (Lipinski definition) is 1. The van der Waals surface area contributed by atoms with Gasteiger partial charge >= 0.3 is 5.97 Å². The number of ether oxygens (including phenoxy) is 1. The van der Waals surface area contributed by atoms with E-state index in [4.69, 9.17) is 16.3 Å². The van der Waals surface area contributed by atoms with Gasteiger partial charge in [-0.2, -0.15) is 0 Å². The fourth-order valence-corrected chi connectivity index (χ4v) is 3.18. The van der Waals surface area contributed by atoms with Crippen molar-refractivity contribution in [1.82, 2.24) is 5.32 Å². The molecule has 0 fully saturated rings. The first kappa shape index (κ1) is 18.9. The summed E-state index contributed by atoms with van der Waals surface area (Å²) < 4.78 is 5.48. The summed E-state index contributed by atoms with van der Waals surface area (Å²) in [7, 11) is 0. The van der Waals surface area contributed by atoms with E-state index < -0.39 is 12.0 Å². The number of nitrogens with one attached hydrogen (secondary N) is 1. The van der Waals surface area contributed by atoms with Gasteiger partial charge in [0, 0.05) is 23.9 Å². The Labute approximate surface area is 163 Å². The summed E-state index contributed by atoms with van der Waals surface area (Å²) in [6.45, 7) is 3.16. The smallest absolute Gasteiger partial charge is 0.308 e. The molecule has 0 spiro atoms. The van der Waals surface area contributed by atoms with E-state index in [0.717, 1.165) is 21.9 Å². The van der Waals surface area contributed by atoms with E-state index in [-0.39, 0.29) is 5.91 Å². The molecular weight excluding hydrogens is 362 g/mol. The van der Waals surface area contributed by atoms with Gasteiger partial charge in [0.25, 0.3) is 0 Å². The third-order valence-electron chi connectivity index (χ3n) is 4.30. The lowest BCUT2D eigenvalue weighted by molar-refractivity contribution is -0.131. The van der Waals surface area contributed by atoms with Crippen LogP contribution in [0, 0.1) is 0 Å². The third kappa shape index (κ3) is 4.29. The van der Waals surface area contributed by atoms with Crippen LogP contribution in [0.5, 0.6) is 5.75 Å². The summed E-state index contributed by atoms with van der Waals surface area (Å²) in [6, 6.07) is 18.3. The molecule has 0 saturated heterocycles. The van der Waals surface area contributed by atoms with Crippen molar-refractivity contribution in [2.75, 3.05) is 0 Å². The normalized spacial score (nSPS) is 11.8. The van der Waals surface area contributed by atoms with E-state index in [2.05, 4.69) is 5.32 Å². The van der Waals surface area contributed by atoms with Crippen LogP contribution in [0.15, 0.2) is 60.7 Å². The van der Waals surface area contributed by atoms with Crippen molar-refractivity contribution in [2.45, 2.75) is 26.3 Å². The molecule has 3 aromatic rings. The van der Waals surface area contributed by atoms with Gasteiger partial charge in [0.05, 0.1) is 6.04 Å². The summed E-state index contributed by atoms with van der Waals surface area (Å²) in [5.74, 6) is -0.0857. The maximum atomic E-state index is 12.3. The van der Waals surface area contributed by atoms with Crippen LogP contribution in [0.3, 0.4) is 0 Å². The van der Waals surface area contributed by atoms with Gasteiger partial charge in [-0.15, -0.1) is 0 Å². The highest BCUT2D eigenvalue weighted by molar-refractivity contribution is 6.30. The monoisotopic (exact) mass is 381 g/mol. The number of fused-ring (bicyclic) bond motifs is 1. The molecule has 3 rings (SSSR count). The van der Waals surface area contributed by atoms with Crippen molar-refractivity contribution < 1.29 is 14.3 Å². The molecule has 4 nitrogen and oxygen atoms in total. The first-order chi connectivity index (χ1) is 13.0. The highest BCUT2D eigenvalue weighted by atomic mass is 35.5. The second-order valence-corrected chi connectivity index (χ2v) is 6.63. The van der Waals surface area contributed by atoms with Gasteiger partial charge < -0.3 is 10.1 Å². The largest absolute Gasteiger partial charge is 0.426 e. The Balaban J connectivity index is 2.25. The molecule has 0 saturated carbocycles. The Kier molecular flexibility index (Phi) is 5.77. The summed E-state index contributed by atoms with van der Waals surface area (Å²) in [6.07, 6.45) is 0.345. The first-order valence-corrected chi connectivity index (χ1v) is 9.12. The predicted octanol–water partition coefficient (Wildman–Crippen LogP) is 5.03. The molecule has 0 heterocycles. The van der Waals surface area contributed by atoms with Crippen molar-refractivity contribution in [2.24, 2.45) is 0 Å². The summed E-state index contributed by atoms with van der Waals surface area (Å²) in [5.41, 5.74) is 1.60. The second-order valence-electron chi connectivity index (χ2n) is 6.20. The predicted molar refractivity (Wildman–Crippen MR) is 107 cm³/mol. The Morgan fingerprint density at radius 3 is 2.41 bits per heavy atom. The van der Waals surface area contributed by atoms with Gasteiger partial charge in [0.2, 0.25) is 5.91 Å². The van der Waals surface area contributed by atoms with Crippen molar-refractivity contribution in [3.63, 3.8) is 0 Å². The molecule has 3 aromatic carbocycles. The topological polar surface area (TPSA) is 55.4 Å². The first-order valence-electron chi connectivity index (χ1n) is 8.74. The van der Waals surface area contributed by atoms with Crippen molar-refractivity contribution in [3.05, 3.63) is 76.8 Å². The number of carbonyl (C=O) groups excluding carboxylic acids is 2. The molecule has 1 atom stereocenters. The maximum Gasteiger partial charge on any atom is 0.308 e. The molecule has 0 aromatic heterocycles. The molecule has 0 aliphatic carbocycles. The number of amides is 1. The molecule has 1 unspecified atom stereocenters. The zero-order chi connectivity index (χ0) is 19.4. The van der Waals surface area contributed by atoms with Crippen LogP contribution < -0.4 is 10.1 Å². The molecular formula is C22H20ClNO3. The Hall–Kier alpha value is -2.85. The minimum absolute atomic E-state index is 0.100. The molecule has 138 valence electrons. The quantitative estimate of drug-likeness (QED) is 0.498. The van der Waals surface area contributed by atoms with Crippen LogP contribution >= 0.6 is 11.6 Å². The Morgan fingerprint density at radius 2 is 1.74 bits per heavy atom. The molecule has 1 N–H and O–H groups in total. The van der Waals surface area contributed by atoms with E-state index in [0.29, 0.717) is 17.2 Å². The van der Waals surface area contributed by atoms with E-state index in [1.165, 1.54) is 6.92 Å². The fraction of sp³-hybridized carbons (Fsp3) is 0.182. The molecule has 0 radical (unpaired) electrons. The van der Waals surface area contributed by atoms with Crippen molar-refractivity contribution in [1.29, 1.82) is 0 Å². The van der Waals surface area contributed by atoms with Crippen LogP contribution in [-0.2, 0) is 9.59 Å². The number of benzene rings is 3. The highest BCUT2D eigenvalue weighted by Crippen LogP contribution is 2.37. The van der Waals surface area contributed by atoms with Crippen LogP contribution in [-0.4, -0.2) is 11.9 Å². The zero-order valence-corrected chi connectivity index (χ0v) is 15.9. The number of rotatable bonds is 5. The van der Waals surface area contributed by atoms with Gasteiger partial charge in [0.15, 0.2) is 0 Å². The average Bonchev–Trinajstić information content (AvgIpc) is 2.66. The summed E-state index contributed by atoms with van der Waals surface area (Å²) in [5, 5.41) is 5.56. The minimum Gasteiger partial charge on any atom is -0.426 e. The van der Waals surface area contributed by atoms with E-state index in [1.54, 1.807) is 25.1 Å². The second kappa shape index (κ2) is 8.23. The summed E-state index contributed by atoms with van der Waals surface area (Å²) >= 11 is 6.03. The van der Waals surface area contributed by atoms with Gasteiger partial charge in [-0.25, -0.2) is 0 Å². The number of halogens is 1. The fourth-order valence-electron chi connectivity index (χ4n) is 3.06. The SMILES string of the molecule is CCC(=O)NC(c1ccc(Cl)cc1)c1c(OC(C)=O)ccc2ccccc12. The van der Waals surface area contributed by atoms with Gasteiger partial charge in [-0.1, -0.05) is 61.0 Å². The zero-order valence-electron chi connectivity index (χ0n) is 15.2. The number of carbonyl (C=O) groups is 2. The van der Waals surface area contributed by atoms with Gasteiger partial charge in [-0.3, -0.25) is 9.59 Å². The van der Waals surface area contributed by atoms with E-state index in [1.807, 2.05) is 42.5 Å². The number of esters is 1. The van der Waals surface area contributed by atoms with Crippen molar-refractivity contribution >= 4 is 34.2 Å². The van der Waals surface area contributed by atoms with E-state index >= 15 is 0 Å². The molecule has 0 aliphatic heterocycles. The number of hydrogen-bond acceptors (Lipinski definition) is 3. The van der Waals surface area contributed by atoms with Crippen LogP contribution in [0.1, 0.15) is 37.4 Å². The Morgan fingerprint density at radius 1 is 1.04 bits per heavy atom. The lowest BCUT2D eigenvalue weighted by Gasteiger charge is -2.23. The van der Waals surface area contributed by atoms with Crippen LogP contribution in [0.25, 0.3) is 10.8 Å². The van der Waals surface area contributed by atoms with Crippen molar-refractivity contribution in [3.8, 4) is 5.75 Å². The average molecular weight is 382 g/mol. The summed E-state index contributed by atoms with van der Waals surface area (Å²) in [4.78, 5) is 23.9. The molecule has 1 amide bonds. The molecule has 0 aliphatic rings. The standard InChI is InChI=1S/C22H20ClNO3/c1-3-20(26)24-22(16-8-11-17(23)12-9-16)21-18-7-5-4-6-15(18)10-13-19(21)27-14(2)25/h4-13,22H,3H2,1-2H3,(H,24,26). The van der Waals surface area contributed by atoms with E-state index in [9.17, 15) is 9.59 Å². The molecule has 5 heteroatoms. The molecule has 0 bridgehead atoms. The van der Waals surface area contributed by atoms with Gasteiger partial charge in [0.1, 0.15) is 5.75 Å². The van der Waals surface area contributed by atoms with Crippen LogP contribution in [0.4, 0.5) is 0 Å². The van der Waals surface area contributed by atoms with Gasteiger partial charge in [-0.05, 0) is 34.5 Å². The third-order valence-corrected chi connectivity index (χ3v) is 4.55. The Bertz CT molecular complexity index is 983. The minimum atomic E-state index is -0.477. The van der Waals surface area contributed by atoms with Crippen LogP contribution in [0.2, 0.25) is 5.02 Å². The lowest BCUT2D eigenvalue weighted by Crippen LogP contribution is -2.29. The maximum absolute atomic E-state index is 12.3. The lowest BCUT2D eigenvalue weighted by atomic mass is 9.92. The highest BCUT2D eigenvalue weighted by Gasteiger charge is 2.23.